The zero-order valence-corrected chi connectivity index (χ0v) is 19.0. The first-order valence-electron chi connectivity index (χ1n) is 10.2. The molecule has 2 aliphatic heterocycles. The van der Waals surface area contributed by atoms with Gasteiger partial charge in [-0.05, 0) is 35.7 Å². The number of piperazine rings is 1. The van der Waals surface area contributed by atoms with Crippen molar-refractivity contribution in [2.24, 2.45) is 4.99 Å². The van der Waals surface area contributed by atoms with Gasteiger partial charge in [0.25, 0.3) is 0 Å². The molecule has 2 aliphatic rings. The number of benzene rings is 2. The molecule has 0 aromatic heterocycles. The number of nitrogens with zero attached hydrogens (tertiary/aromatic N) is 2. The van der Waals surface area contributed by atoms with Crippen LogP contribution in [-0.2, 0) is 16.0 Å². The topological polar surface area (TPSA) is 102 Å². The summed E-state index contributed by atoms with van der Waals surface area (Å²) >= 11 is 3.58. The lowest BCUT2D eigenvalue weighted by Gasteiger charge is -2.31. The first-order chi connectivity index (χ1) is 15.4. The second-order valence-electron chi connectivity index (χ2n) is 7.14. The van der Waals surface area contributed by atoms with Crippen molar-refractivity contribution < 1.29 is 19.8 Å². The van der Waals surface area contributed by atoms with Gasteiger partial charge in [0.05, 0.1) is 5.69 Å². The molecule has 2 aromatic rings. The molecular weight excluding hydrogens is 474 g/mol. The van der Waals surface area contributed by atoms with E-state index in [1.165, 1.54) is 16.7 Å². The molecule has 0 amide bonds. The normalized spacial score (nSPS) is 15.6. The number of aliphatic carboxylic acids is 2. The van der Waals surface area contributed by atoms with Gasteiger partial charge in [-0.2, -0.15) is 0 Å². The molecule has 0 saturated carbocycles. The van der Waals surface area contributed by atoms with Crippen LogP contribution in [-0.4, -0.2) is 59.1 Å². The van der Waals surface area contributed by atoms with Crippen molar-refractivity contribution in [2.45, 2.75) is 6.42 Å². The van der Waals surface area contributed by atoms with Gasteiger partial charge in [0, 0.05) is 48.4 Å². The van der Waals surface area contributed by atoms with Crippen molar-refractivity contribution in [1.82, 2.24) is 10.2 Å². The highest BCUT2D eigenvalue weighted by atomic mass is 79.9. The molecule has 32 heavy (non-hydrogen) atoms. The molecular formula is C24H24BrN3O4. The number of amidine groups is 1. The Morgan fingerprint density at radius 3 is 2.28 bits per heavy atom. The van der Waals surface area contributed by atoms with E-state index in [2.05, 4.69) is 80.8 Å². The van der Waals surface area contributed by atoms with Crippen LogP contribution in [0.4, 0.5) is 5.69 Å². The summed E-state index contributed by atoms with van der Waals surface area (Å²) in [5, 5.41) is 19.1. The van der Waals surface area contributed by atoms with Crippen LogP contribution in [0, 0.1) is 0 Å². The predicted octanol–water partition coefficient (Wildman–Crippen LogP) is 3.74. The highest BCUT2D eigenvalue weighted by Crippen LogP contribution is 2.31. The summed E-state index contributed by atoms with van der Waals surface area (Å²) in [6.07, 6.45) is 4.34. The van der Waals surface area contributed by atoms with Crippen LogP contribution in [0.3, 0.4) is 0 Å². The van der Waals surface area contributed by atoms with Crippen LogP contribution in [0.25, 0.3) is 5.57 Å². The second-order valence-corrected chi connectivity index (χ2v) is 8.06. The lowest BCUT2D eigenvalue weighted by molar-refractivity contribution is -0.134. The highest BCUT2D eigenvalue weighted by molar-refractivity contribution is 9.10. The largest absolute Gasteiger partial charge is 0.478 e. The van der Waals surface area contributed by atoms with Crippen LogP contribution in [0.1, 0.15) is 11.1 Å². The van der Waals surface area contributed by atoms with E-state index in [0.717, 1.165) is 48.6 Å². The van der Waals surface area contributed by atoms with Gasteiger partial charge in [-0.3, -0.25) is 0 Å². The zero-order chi connectivity index (χ0) is 22.9. The Hall–Kier alpha value is -3.23. The van der Waals surface area contributed by atoms with Gasteiger partial charge < -0.3 is 20.4 Å². The molecule has 8 heteroatoms. The van der Waals surface area contributed by atoms with E-state index in [1.54, 1.807) is 0 Å². The van der Waals surface area contributed by atoms with Crippen LogP contribution in [0.5, 0.6) is 0 Å². The standard InChI is InChI=1S/C20H20BrN3.C4H4O4/c21-17-7-9-19-16(14-17)6-8-18(15-4-2-1-3-5-15)20(23-19)24-12-10-22-11-13-24;5-3(6)1-2-4(7)8/h1-5,7-9,14,22H,6,10-13H2;1-2H,(H,5,6)(H,7,8)/b;2-1+. The monoisotopic (exact) mass is 497 g/mol. The second kappa shape index (κ2) is 11.4. The molecule has 0 aliphatic carbocycles. The van der Waals surface area contributed by atoms with E-state index in [4.69, 9.17) is 15.2 Å². The van der Waals surface area contributed by atoms with Gasteiger partial charge in [-0.15, -0.1) is 0 Å². The fraction of sp³-hybridized carbons (Fsp3) is 0.208. The number of nitrogens with one attached hydrogen (secondary N) is 1. The molecule has 0 unspecified atom stereocenters. The van der Waals surface area contributed by atoms with E-state index >= 15 is 0 Å². The first kappa shape index (κ1) is 23.4. The number of allylic oxidation sites excluding steroid dienone is 1. The number of fused-ring (bicyclic) bond motifs is 1. The van der Waals surface area contributed by atoms with Crippen molar-refractivity contribution in [2.75, 3.05) is 26.2 Å². The number of halogens is 1. The minimum Gasteiger partial charge on any atom is -0.478 e. The number of rotatable bonds is 3. The van der Waals surface area contributed by atoms with Gasteiger partial charge >= 0.3 is 11.9 Å². The van der Waals surface area contributed by atoms with Crippen molar-refractivity contribution >= 4 is 45.0 Å². The molecule has 3 N–H and O–H groups in total. The Labute approximate surface area is 194 Å². The number of hydrogen-bond acceptors (Lipinski definition) is 5. The molecule has 0 spiro atoms. The maximum absolute atomic E-state index is 9.55. The molecule has 4 rings (SSSR count). The average molecular weight is 498 g/mol. The molecule has 0 bridgehead atoms. The van der Waals surface area contributed by atoms with Gasteiger partial charge in [-0.1, -0.05) is 52.3 Å². The molecule has 166 valence electrons. The molecule has 7 nitrogen and oxygen atoms in total. The fourth-order valence-corrected chi connectivity index (χ4v) is 3.84. The van der Waals surface area contributed by atoms with Crippen LogP contribution >= 0.6 is 15.9 Å². The molecule has 1 saturated heterocycles. The predicted molar refractivity (Wildman–Crippen MR) is 128 cm³/mol. The van der Waals surface area contributed by atoms with Gasteiger partial charge in [0.2, 0.25) is 0 Å². The van der Waals surface area contributed by atoms with Crippen LogP contribution in [0.2, 0.25) is 0 Å². The highest BCUT2D eigenvalue weighted by Gasteiger charge is 2.22. The molecule has 2 aromatic carbocycles. The number of carbonyl (C=O) groups is 2. The lowest BCUT2D eigenvalue weighted by atomic mass is 10.0. The Balaban J connectivity index is 0.000000312. The summed E-state index contributed by atoms with van der Waals surface area (Å²) in [4.78, 5) is 26.6. The quantitative estimate of drug-likeness (QED) is 0.558. The average Bonchev–Trinajstić information content (AvgIpc) is 2.99. The molecule has 0 atom stereocenters. The summed E-state index contributed by atoms with van der Waals surface area (Å²) < 4.78 is 1.11. The Bertz CT molecular complexity index is 1040. The third kappa shape index (κ3) is 6.63. The SMILES string of the molecule is Brc1ccc2c(c1)CC=C(c1ccccc1)C(N1CCNCC1)=N2.O=C(O)/C=C/C(=O)O. The van der Waals surface area contributed by atoms with E-state index in [-0.39, 0.29) is 0 Å². The smallest absolute Gasteiger partial charge is 0.328 e. The van der Waals surface area contributed by atoms with Gasteiger partial charge in [0.1, 0.15) is 5.84 Å². The van der Waals surface area contributed by atoms with E-state index in [0.29, 0.717) is 12.2 Å². The minimum atomic E-state index is -1.26. The number of carboxylic acid groups (broad SMARTS) is 2. The van der Waals surface area contributed by atoms with Crippen molar-refractivity contribution in [3.8, 4) is 0 Å². The number of carboxylic acids is 2. The van der Waals surface area contributed by atoms with Crippen LogP contribution in [0.15, 0.2) is 76.2 Å². The summed E-state index contributed by atoms with van der Waals surface area (Å²) in [6.45, 7) is 4.01. The third-order valence-electron chi connectivity index (χ3n) is 4.90. The number of aliphatic imine (C=N–C) groups is 1. The Kier molecular flexibility index (Phi) is 8.35. The minimum absolute atomic E-state index is 0.558. The fourth-order valence-electron chi connectivity index (χ4n) is 3.43. The lowest BCUT2D eigenvalue weighted by Crippen LogP contribution is -2.46. The third-order valence-corrected chi connectivity index (χ3v) is 5.40. The van der Waals surface area contributed by atoms with Crippen LogP contribution < -0.4 is 5.32 Å². The summed E-state index contributed by atoms with van der Waals surface area (Å²) in [6, 6.07) is 17.0. The van der Waals surface area contributed by atoms with Crippen molar-refractivity contribution in [3.05, 3.63) is 82.4 Å². The Morgan fingerprint density at radius 2 is 1.66 bits per heavy atom. The number of hydrogen-bond donors (Lipinski definition) is 3. The van der Waals surface area contributed by atoms with E-state index < -0.39 is 11.9 Å². The first-order valence-corrected chi connectivity index (χ1v) is 11.0. The van der Waals surface area contributed by atoms with Gasteiger partial charge in [-0.25, -0.2) is 14.6 Å². The zero-order valence-electron chi connectivity index (χ0n) is 17.4. The maximum atomic E-state index is 9.55. The maximum Gasteiger partial charge on any atom is 0.328 e. The Morgan fingerprint density at radius 1 is 1.00 bits per heavy atom. The summed E-state index contributed by atoms with van der Waals surface area (Å²) in [5.41, 5.74) is 4.82. The van der Waals surface area contributed by atoms with E-state index in [1.807, 2.05) is 0 Å². The summed E-state index contributed by atoms with van der Waals surface area (Å²) in [7, 11) is 0. The molecule has 0 radical (unpaired) electrons. The van der Waals surface area contributed by atoms with E-state index in [9.17, 15) is 9.59 Å². The molecule has 2 heterocycles. The molecule has 1 fully saturated rings. The summed E-state index contributed by atoms with van der Waals surface area (Å²) in [5.74, 6) is -1.41. The van der Waals surface area contributed by atoms with Gasteiger partial charge in [0.15, 0.2) is 0 Å². The van der Waals surface area contributed by atoms with Crippen molar-refractivity contribution in [1.29, 1.82) is 0 Å². The van der Waals surface area contributed by atoms with Crippen molar-refractivity contribution in [3.63, 3.8) is 0 Å².